The van der Waals surface area contributed by atoms with Crippen LogP contribution >= 0.6 is 0 Å². The van der Waals surface area contributed by atoms with Crippen molar-refractivity contribution in [2.45, 2.75) is 18.9 Å². The third-order valence-corrected chi connectivity index (χ3v) is 4.85. The van der Waals surface area contributed by atoms with E-state index in [0.717, 1.165) is 32.5 Å². The molecule has 0 radical (unpaired) electrons. The van der Waals surface area contributed by atoms with Crippen LogP contribution in [-0.4, -0.2) is 51.4 Å². The first-order chi connectivity index (χ1) is 11.2. The number of carbonyl (C=O) groups is 1. The van der Waals surface area contributed by atoms with Crippen molar-refractivity contribution in [3.05, 3.63) is 48.0 Å². The molecule has 6 heteroatoms. The van der Waals surface area contributed by atoms with Gasteiger partial charge in [0.05, 0.1) is 12.7 Å². The number of hydrogen-bond acceptors (Lipinski definition) is 4. The molecule has 4 heterocycles. The first-order valence-electron chi connectivity index (χ1n) is 7.93. The minimum absolute atomic E-state index is 0.0614. The molecule has 0 N–H and O–H groups in total. The molecule has 2 aliphatic rings. The first-order valence-corrected chi connectivity index (χ1v) is 7.93. The monoisotopic (exact) mass is 312 g/mol. The largest absolute Gasteiger partial charge is 0.377 e. The highest BCUT2D eigenvalue weighted by molar-refractivity contribution is 5.93. The zero-order valence-corrected chi connectivity index (χ0v) is 13.2. The normalized spacial score (nSPS) is 22.3. The molecule has 2 aliphatic heterocycles. The van der Waals surface area contributed by atoms with Crippen LogP contribution in [0.2, 0.25) is 0 Å². The Kier molecular flexibility index (Phi) is 3.41. The van der Waals surface area contributed by atoms with Gasteiger partial charge in [-0.25, -0.2) is 0 Å². The van der Waals surface area contributed by atoms with E-state index in [4.69, 9.17) is 4.74 Å². The predicted molar refractivity (Wildman–Crippen MR) is 83.8 cm³/mol. The summed E-state index contributed by atoms with van der Waals surface area (Å²) in [6.45, 7) is 2.30. The molecule has 2 aromatic heterocycles. The predicted octanol–water partition coefficient (Wildman–Crippen LogP) is 1.29. The highest BCUT2D eigenvalue weighted by atomic mass is 16.5. The van der Waals surface area contributed by atoms with Gasteiger partial charge in [-0.05, 0) is 24.1 Å². The maximum atomic E-state index is 12.4. The van der Waals surface area contributed by atoms with Crippen molar-refractivity contribution in [3.8, 4) is 0 Å². The molecule has 0 unspecified atom stereocenters. The van der Waals surface area contributed by atoms with Crippen LogP contribution in [0.4, 0.5) is 0 Å². The van der Waals surface area contributed by atoms with E-state index in [9.17, 15) is 4.79 Å². The van der Waals surface area contributed by atoms with Gasteiger partial charge in [0.1, 0.15) is 5.69 Å². The SMILES string of the molecule is Cn1nccc1C(=O)N1CC2(CO[C@H](Cc3cccnc3)C2)C1. The quantitative estimate of drug-likeness (QED) is 0.857. The Labute approximate surface area is 135 Å². The van der Waals surface area contributed by atoms with Crippen LogP contribution in [0.25, 0.3) is 0 Å². The number of aromatic nitrogens is 3. The van der Waals surface area contributed by atoms with E-state index < -0.39 is 0 Å². The first kappa shape index (κ1) is 14.4. The van der Waals surface area contributed by atoms with Gasteiger partial charge in [0.15, 0.2) is 0 Å². The van der Waals surface area contributed by atoms with Gasteiger partial charge in [0.25, 0.3) is 5.91 Å². The lowest BCUT2D eigenvalue weighted by Gasteiger charge is -2.47. The summed E-state index contributed by atoms with van der Waals surface area (Å²) in [7, 11) is 1.80. The lowest BCUT2D eigenvalue weighted by molar-refractivity contribution is -0.00203. The molecule has 0 aromatic carbocycles. The van der Waals surface area contributed by atoms with Crippen LogP contribution in [0.5, 0.6) is 0 Å². The molecule has 120 valence electrons. The van der Waals surface area contributed by atoms with Crippen molar-refractivity contribution in [2.24, 2.45) is 12.5 Å². The number of carbonyl (C=O) groups excluding carboxylic acids is 1. The number of amides is 1. The Hall–Kier alpha value is -2.21. The average Bonchev–Trinajstić information content (AvgIpc) is 3.13. The summed E-state index contributed by atoms with van der Waals surface area (Å²) in [4.78, 5) is 18.5. The van der Waals surface area contributed by atoms with Gasteiger partial charge in [-0.1, -0.05) is 6.07 Å². The highest BCUT2D eigenvalue weighted by Crippen LogP contribution is 2.42. The lowest BCUT2D eigenvalue weighted by atomic mass is 9.77. The van der Waals surface area contributed by atoms with E-state index in [1.807, 2.05) is 17.2 Å². The fourth-order valence-electron chi connectivity index (χ4n) is 3.68. The summed E-state index contributed by atoms with van der Waals surface area (Å²) in [5.41, 5.74) is 1.99. The summed E-state index contributed by atoms with van der Waals surface area (Å²) in [5, 5.41) is 4.06. The van der Waals surface area contributed by atoms with Crippen LogP contribution in [0, 0.1) is 5.41 Å². The fourth-order valence-corrected chi connectivity index (χ4v) is 3.68. The molecule has 23 heavy (non-hydrogen) atoms. The number of pyridine rings is 1. The van der Waals surface area contributed by atoms with Gasteiger partial charge < -0.3 is 9.64 Å². The molecular formula is C17H20N4O2. The summed E-state index contributed by atoms with van der Waals surface area (Å²) in [6, 6.07) is 5.81. The van der Waals surface area contributed by atoms with E-state index >= 15 is 0 Å². The van der Waals surface area contributed by atoms with Crippen LogP contribution in [0.15, 0.2) is 36.8 Å². The topological polar surface area (TPSA) is 60.2 Å². The van der Waals surface area contributed by atoms with Crippen molar-refractivity contribution in [3.63, 3.8) is 0 Å². The Bertz CT molecular complexity index is 706. The van der Waals surface area contributed by atoms with Crippen LogP contribution in [0.1, 0.15) is 22.5 Å². The van der Waals surface area contributed by atoms with Gasteiger partial charge >= 0.3 is 0 Å². The molecule has 4 rings (SSSR count). The van der Waals surface area contributed by atoms with Crippen molar-refractivity contribution < 1.29 is 9.53 Å². The third kappa shape index (κ3) is 2.63. The summed E-state index contributed by atoms with van der Waals surface area (Å²) in [6.07, 6.45) is 7.48. The van der Waals surface area contributed by atoms with E-state index in [2.05, 4.69) is 16.1 Å². The second-order valence-electron chi connectivity index (χ2n) is 6.70. The lowest BCUT2D eigenvalue weighted by Crippen LogP contribution is -2.59. The molecular weight excluding hydrogens is 292 g/mol. The van der Waals surface area contributed by atoms with Gasteiger partial charge in [-0.2, -0.15) is 5.10 Å². The van der Waals surface area contributed by atoms with Crippen molar-refractivity contribution in [2.75, 3.05) is 19.7 Å². The molecule has 0 saturated carbocycles. The molecule has 2 saturated heterocycles. The minimum Gasteiger partial charge on any atom is -0.377 e. The molecule has 2 fully saturated rings. The van der Waals surface area contributed by atoms with E-state index in [0.29, 0.717) is 5.69 Å². The van der Waals surface area contributed by atoms with Crippen molar-refractivity contribution in [1.29, 1.82) is 0 Å². The van der Waals surface area contributed by atoms with E-state index in [-0.39, 0.29) is 17.4 Å². The zero-order valence-electron chi connectivity index (χ0n) is 13.2. The second kappa shape index (κ2) is 5.45. The van der Waals surface area contributed by atoms with Crippen LogP contribution < -0.4 is 0 Å². The number of hydrogen-bond donors (Lipinski definition) is 0. The molecule has 1 amide bonds. The van der Waals surface area contributed by atoms with Crippen molar-refractivity contribution in [1.82, 2.24) is 19.7 Å². The average molecular weight is 312 g/mol. The zero-order chi connectivity index (χ0) is 15.9. The van der Waals surface area contributed by atoms with E-state index in [1.54, 1.807) is 30.2 Å². The maximum absolute atomic E-state index is 12.4. The molecule has 0 aliphatic carbocycles. The molecule has 1 atom stereocenters. The Balaban J connectivity index is 1.35. The number of ether oxygens (including phenoxy) is 1. The summed E-state index contributed by atoms with van der Waals surface area (Å²) < 4.78 is 7.60. The summed E-state index contributed by atoms with van der Waals surface area (Å²) in [5.74, 6) is 0.0614. The van der Waals surface area contributed by atoms with Crippen LogP contribution in [0.3, 0.4) is 0 Å². The molecule has 2 aromatic rings. The maximum Gasteiger partial charge on any atom is 0.272 e. The third-order valence-electron chi connectivity index (χ3n) is 4.85. The van der Waals surface area contributed by atoms with Crippen LogP contribution in [-0.2, 0) is 18.2 Å². The minimum atomic E-state index is 0.0614. The number of aryl methyl sites for hydroxylation is 1. The Morgan fingerprint density at radius 2 is 2.26 bits per heavy atom. The van der Waals surface area contributed by atoms with Gasteiger partial charge in [-0.15, -0.1) is 0 Å². The van der Waals surface area contributed by atoms with Crippen molar-refractivity contribution >= 4 is 5.91 Å². The van der Waals surface area contributed by atoms with Gasteiger partial charge in [0, 0.05) is 50.6 Å². The number of nitrogens with zero attached hydrogens (tertiary/aromatic N) is 4. The summed E-state index contributed by atoms with van der Waals surface area (Å²) >= 11 is 0. The van der Waals surface area contributed by atoms with Gasteiger partial charge in [-0.3, -0.25) is 14.5 Å². The number of rotatable bonds is 3. The smallest absolute Gasteiger partial charge is 0.272 e. The Morgan fingerprint density at radius 3 is 2.96 bits per heavy atom. The number of likely N-dealkylation sites (tertiary alicyclic amines) is 1. The van der Waals surface area contributed by atoms with E-state index in [1.165, 1.54) is 5.56 Å². The second-order valence-corrected chi connectivity index (χ2v) is 6.70. The van der Waals surface area contributed by atoms with Gasteiger partial charge in [0.2, 0.25) is 0 Å². The molecule has 0 bridgehead atoms. The highest BCUT2D eigenvalue weighted by Gasteiger charge is 2.50. The molecule has 6 nitrogen and oxygen atoms in total. The fraction of sp³-hybridized carbons (Fsp3) is 0.471. The molecule has 1 spiro atoms. The standard InChI is InChI=1S/C17H20N4O2/c1-20-15(4-6-19-20)16(22)21-10-17(11-21)8-14(23-12-17)7-13-3-2-5-18-9-13/h2-6,9,14H,7-8,10-12H2,1H3/t14-/m1/s1. The Morgan fingerprint density at radius 1 is 1.39 bits per heavy atom.